The third-order valence-corrected chi connectivity index (χ3v) is 3.96. The Morgan fingerprint density at radius 3 is 3.06 bits per heavy atom. The van der Waals surface area contributed by atoms with Crippen LogP contribution in [0, 0.1) is 0 Å². The van der Waals surface area contributed by atoms with Crippen molar-refractivity contribution in [3.63, 3.8) is 0 Å². The van der Waals surface area contributed by atoms with Gasteiger partial charge in [0.1, 0.15) is 0 Å². The predicted molar refractivity (Wildman–Crippen MR) is 66.7 cm³/mol. The van der Waals surface area contributed by atoms with Crippen LogP contribution in [0.1, 0.15) is 39.5 Å². The van der Waals surface area contributed by atoms with E-state index in [1.807, 2.05) is 0 Å². The van der Waals surface area contributed by atoms with E-state index in [9.17, 15) is 0 Å². The van der Waals surface area contributed by atoms with E-state index in [0.717, 1.165) is 25.7 Å². The Morgan fingerprint density at radius 1 is 1.44 bits per heavy atom. The molecule has 0 spiro atoms. The number of ether oxygens (including phenoxy) is 1. The Hall–Kier alpha value is -0.120. The third kappa shape index (κ3) is 2.76. The van der Waals surface area contributed by atoms with E-state index in [1.54, 1.807) is 0 Å². The van der Waals surface area contributed by atoms with E-state index in [0.29, 0.717) is 12.1 Å². The van der Waals surface area contributed by atoms with Gasteiger partial charge in [-0.2, -0.15) is 0 Å². The summed E-state index contributed by atoms with van der Waals surface area (Å²) in [5, 5.41) is 3.62. The Bertz CT molecular complexity index is 210. The molecule has 2 heterocycles. The molecular formula is C13H26N2O. The highest BCUT2D eigenvalue weighted by Gasteiger charge is 2.34. The molecule has 3 unspecified atom stereocenters. The van der Waals surface area contributed by atoms with Crippen LogP contribution in [0.4, 0.5) is 0 Å². The lowest BCUT2D eigenvalue weighted by molar-refractivity contribution is -0.0649. The van der Waals surface area contributed by atoms with Crippen LogP contribution in [0.25, 0.3) is 0 Å². The van der Waals surface area contributed by atoms with Crippen molar-refractivity contribution in [2.75, 3.05) is 26.2 Å². The first-order valence-electron chi connectivity index (χ1n) is 6.94. The lowest BCUT2D eigenvalue weighted by Gasteiger charge is -2.39. The number of hydrogen-bond donors (Lipinski definition) is 1. The van der Waals surface area contributed by atoms with Gasteiger partial charge in [0.25, 0.3) is 0 Å². The minimum atomic E-state index is 0.408. The van der Waals surface area contributed by atoms with Crippen LogP contribution in [-0.2, 0) is 4.74 Å². The highest BCUT2D eigenvalue weighted by Crippen LogP contribution is 2.24. The summed E-state index contributed by atoms with van der Waals surface area (Å²) in [6.45, 7) is 8.97. The first-order chi connectivity index (χ1) is 7.85. The van der Waals surface area contributed by atoms with Crippen molar-refractivity contribution < 1.29 is 4.74 Å². The summed E-state index contributed by atoms with van der Waals surface area (Å²) in [6, 6.07) is 1.27. The molecule has 1 N–H and O–H groups in total. The molecule has 3 heteroatoms. The molecule has 2 fully saturated rings. The van der Waals surface area contributed by atoms with Gasteiger partial charge in [-0.1, -0.05) is 13.8 Å². The highest BCUT2D eigenvalue weighted by atomic mass is 16.5. The largest absolute Gasteiger partial charge is 0.374 e. The normalized spacial score (nSPS) is 32.6. The van der Waals surface area contributed by atoms with Crippen molar-refractivity contribution in [2.45, 2.75) is 57.7 Å². The van der Waals surface area contributed by atoms with Gasteiger partial charge in [-0.25, -0.2) is 0 Å². The highest BCUT2D eigenvalue weighted by molar-refractivity contribution is 4.89. The molecule has 0 saturated carbocycles. The van der Waals surface area contributed by atoms with Gasteiger partial charge in [0.05, 0.1) is 12.7 Å². The lowest BCUT2D eigenvalue weighted by Crippen LogP contribution is -2.54. The quantitative estimate of drug-likeness (QED) is 0.771. The standard InChI is InChI=1S/C13H26N2O/c1-3-7-14-12(4-2)13-9-15-8-5-6-11(15)10-16-13/h11-14H,3-10H2,1-2H3. The first-order valence-corrected chi connectivity index (χ1v) is 6.94. The second-order valence-corrected chi connectivity index (χ2v) is 5.13. The molecule has 0 aliphatic carbocycles. The minimum absolute atomic E-state index is 0.408. The summed E-state index contributed by atoms with van der Waals surface area (Å²) in [7, 11) is 0. The topological polar surface area (TPSA) is 24.5 Å². The van der Waals surface area contributed by atoms with Crippen LogP contribution < -0.4 is 5.32 Å². The second-order valence-electron chi connectivity index (χ2n) is 5.13. The molecule has 0 radical (unpaired) electrons. The van der Waals surface area contributed by atoms with E-state index in [-0.39, 0.29) is 0 Å². The molecule has 0 amide bonds. The molecule has 3 atom stereocenters. The van der Waals surface area contributed by atoms with Crippen LogP contribution in [0.3, 0.4) is 0 Å². The van der Waals surface area contributed by atoms with Gasteiger partial charge in [-0.05, 0) is 38.8 Å². The molecule has 0 aromatic heterocycles. The van der Waals surface area contributed by atoms with E-state index in [1.165, 1.54) is 32.2 Å². The number of rotatable bonds is 5. The van der Waals surface area contributed by atoms with Crippen molar-refractivity contribution in [3.8, 4) is 0 Å². The number of hydrogen-bond acceptors (Lipinski definition) is 3. The van der Waals surface area contributed by atoms with Crippen LogP contribution in [0.2, 0.25) is 0 Å². The summed E-state index contributed by atoms with van der Waals surface area (Å²) in [5.74, 6) is 0. The number of morpholine rings is 1. The van der Waals surface area contributed by atoms with E-state index >= 15 is 0 Å². The van der Waals surface area contributed by atoms with Gasteiger partial charge in [-0.15, -0.1) is 0 Å². The van der Waals surface area contributed by atoms with Gasteiger partial charge in [0.15, 0.2) is 0 Å². The number of fused-ring (bicyclic) bond motifs is 1. The van der Waals surface area contributed by atoms with Crippen LogP contribution in [0.5, 0.6) is 0 Å². The zero-order chi connectivity index (χ0) is 11.4. The monoisotopic (exact) mass is 226 g/mol. The second kappa shape index (κ2) is 5.99. The Labute approximate surface area is 99.5 Å². The van der Waals surface area contributed by atoms with Crippen molar-refractivity contribution in [1.29, 1.82) is 0 Å². The van der Waals surface area contributed by atoms with Gasteiger partial charge in [0.2, 0.25) is 0 Å². The average Bonchev–Trinajstić information content (AvgIpc) is 2.77. The summed E-state index contributed by atoms with van der Waals surface area (Å²) < 4.78 is 6.04. The Morgan fingerprint density at radius 2 is 2.31 bits per heavy atom. The van der Waals surface area contributed by atoms with Gasteiger partial charge >= 0.3 is 0 Å². The fourth-order valence-electron chi connectivity index (χ4n) is 2.95. The van der Waals surface area contributed by atoms with Crippen molar-refractivity contribution in [2.24, 2.45) is 0 Å². The summed E-state index contributed by atoms with van der Waals surface area (Å²) in [6.07, 6.45) is 5.48. The van der Waals surface area contributed by atoms with Crippen molar-refractivity contribution in [3.05, 3.63) is 0 Å². The molecule has 94 valence electrons. The summed E-state index contributed by atoms with van der Waals surface area (Å²) in [5.41, 5.74) is 0. The summed E-state index contributed by atoms with van der Waals surface area (Å²) in [4.78, 5) is 2.63. The molecule has 0 bridgehead atoms. The molecule has 2 aliphatic rings. The maximum absolute atomic E-state index is 6.04. The molecule has 0 aromatic carbocycles. The zero-order valence-corrected chi connectivity index (χ0v) is 10.7. The Kier molecular flexibility index (Phi) is 4.62. The van der Waals surface area contributed by atoms with E-state index in [4.69, 9.17) is 4.74 Å². The fraction of sp³-hybridized carbons (Fsp3) is 1.00. The zero-order valence-electron chi connectivity index (χ0n) is 10.7. The summed E-state index contributed by atoms with van der Waals surface area (Å²) >= 11 is 0. The maximum Gasteiger partial charge on any atom is 0.0855 e. The molecule has 3 nitrogen and oxygen atoms in total. The molecule has 16 heavy (non-hydrogen) atoms. The van der Waals surface area contributed by atoms with Gasteiger partial charge in [-0.3, -0.25) is 4.90 Å². The molecule has 2 aliphatic heterocycles. The average molecular weight is 226 g/mol. The van der Waals surface area contributed by atoms with Crippen molar-refractivity contribution >= 4 is 0 Å². The van der Waals surface area contributed by atoms with Gasteiger partial charge < -0.3 is 10.1 Å². The predicted octanol–water partition coefficient (Wildman–Crippen LogP) is 1.63. The van der Waals surface area contributed by atoms with Crippen LogP contribution in [-0.4, -0.2) is 49.3 Å². The van der Waals surface area contributed by atoms with Crippen LogP contribution >= 0.6 is 0 Å². The van der Waals surface area contributed by atoms with E-state index < -0.39 is 0 Å². The van der Waals surface area contributed by atoms with E-state index in [2.05, 4.69) is 24.1 Å². The number of nitrogens with one attached hydrogen (secondary N) is 1. The maximum atomic E-state index is 6.04. The number of nitrogens with zero attached hydrogens (tertiary/aromatic N) is 1. The molecular weight excluding hydrogens is 200 g/mol. The fourth-order valence-corrected chi connectivity index (χ4v) is 2.95. The molecule has 2 rings (SSSR count). The first kappa shape index (κ1) is 12.3. The van der Waals surface area contributed by atoms with Gasteiger partial charge in [0, 0.05) is 18.6 Å². The third-order valence-electron chi connectivity index (χ3n) is 3.96. The SMILES string of the molecule is CCCNC(CC)C1CN2CCCC2CO1. The minimum Gasteiger partial charge on any atom is -0.374 e. The Balaban J connectivity index is 1.83. The molecule has 0 aromatic rings. The lowest BCUT2D eigenvalue weighted by atomic mass is 10.1. The van der Waals surface area contributed by atoms with Crippen LogP contribution in [0.15, 0.2) is 0 Å². The smallest absolute Gasteiger partial charge is 0.0855 e. The molecule has 2 saturated heterocycles. The van der Waals surface area contributed by atoms with Crippen molar-refractivity contribution in [1.82, 2.24) is 10.2 Å².